The number of nitrogens with one attached hydrogen (secondary N) is 1. The first-order valence-corrected chi connectivity index (χ1v) is 8.67. The number of aromatic nitrogens is 2. The SMILES string of the molecule is CNC(=O)c1nn(CN(C)Cc2ccc(OC)c(F)c2)c(=O)c2ccccc12. The van der Waals surface area contributed by atoms with Crippen molar-refractivity contribution in [3.8, 4) is 5.75 Å². The van der Waals surface area contributed by atoms with Gasteiger partial charge in [-0.1, -0.05) is 24.3 Å². The van der Waals surface area contributed by atoms with Gasteiger partial charge in [0.15, 0.2) is 17.3 Å². The number of nitrogens with zero attached hydrogens (tertiary/aromatic N) is 3. The number of rotatable bonds is 6. The van der Waals surface area contributed by atoms with Crippen LogP contribution in [0.5, 0.6) is 5.75 Å². The van der Waals surface area contributed by atoms with Gasteiger partial charge >= 0.3 is 0 Å². The third kappa shape index (κ3) is 3.86. The molecule has 8 heteroatoms. The largest absolute Gasteiger partial charge is 0.494 e. The quantitative estimate of drug-likeness (QED) is 0.703. The zero-order valence-electron chi connectivity index (χ0n) is 15.9. The summed E-state index contributed by atoms with van der Waals surface area (Å²) < 4.78 is 20.1. The number of halogens is 1. The van der Waals surface area contributed by atoms with Crippen molar-refractivity contribution in [2.75, 3.05) is 21.2 Å². The number of hydrogen-bond acceptors (Lipinski definition) is 5. The van der Waals surface area contributed by atoms with Crippen molar-refractivity contribution >= 4 is 16.7 Å². The van der Waals surface area contributed by atoms with Gasteiger partial charge in [0.05, 0.1) is 19.2 Å². The van der Waals surface area contributed by atoms with E-state index in [1.165, 1.54) is 24.9 Å². The minimum absolute atomic E-state index is 0.140. The molecule has 1 N–H and O–H groups in total. The number of benzene rings is 2. The summed E-state index contributed by atoms with van der Waals surface area (Å²) in [6.45, 7) is 0.526. The highest BCUT2D eigenvalue weighted by molar-refractivity contribution is 6.04. The molecule has 0 aliphatic rings. The van der Waals surface area contributed by atoms with Gasteiger partial charge in [-0.15, -0.1) is 0 Å². The van der Waals surface area contributed by atoms with Crippen molar-refractivity contribution in [1.82, 2.24) is 20.0 Å². The van der Waals surface area contributed by atoms with Crippen LogP contribution in [0.25, 0.3) is 10.8 Å². The second-order valence-corrected chi connectivity index (χ2v) is 6.40. The van der Waals surface area contributed by atoms with Crippen LogP contribution >= 0.6 is 0 Å². The Hall–Kier alpha value is -3.26. The summed E-state index contributed by atoms with van der Waals surface area (Å²) in [4.78, 5) is 26.8. The molecule has 1 aromatic heterocycles. The fourth-order valence-electron chi connectivity index (χ4n) is 3.02. The van der Waals surface area contributed by atoms with Gasteiger partial charge in [0.2, 0.25) is 0 Å². The fraction of sp³-hybridized carbons (Fsp3) is 0.250. The standard InChI is InChI=1S/C20H21FN4O3/c1-22-19(26)18-14-6-4-5-7-15(14)20(27)25(23-18)12-24(2)11-13-8-9-17(28-3)16(21)10-13/h4-10H,11-12H2,1-3H3,(H,22,26). The van der Waals surface area contributed by atoms with Crippen molar-refractivity contribution in [3.05, 3.63) is 69.9 Å². The van der Waals surface area contributed by atoms with Crippen LogP contribution in [0.2, 0.25) is 0 Å². The van der Waals surface area contributed by atoms with Crippen molar-refractivity contribution in [2.24, 2.45) is 0 Å². The van der Waals surface area contributed by atoms with Gasteiger partial charge in [-0.3, -0.25) is 14.5 Å². The smallest absolute Gasteiger partial charge is 0.275 e. The fourth-order valence-corrected chi connectivity index (χ4v) is 3.02. The van der Waals surface area contributed by atoms with Crippen LogP contribution < -0.4 is 15.6 Å². The minimum atomic E-state index is -0.448. The second kappa shape index (κ2) is 8.18. The highest BCUT2D eigenvalue weighted by atomic mass is 19.1. The lowest BCUT2D eigenvalue weighted by Gasteiger charge is -2.19. The Morgan fingerprint density at radius 2 is 1.96 bits per heavy atom. The van der Waals surface area contributed by atoms with Crippen molar-refractivity contribution in [3.63, 3.8) is 0 Å². The van der Waals surface area contributed by atoms with Gasteiger partial charge in [-0.05, 0) is 30.8 Å². The van der Waals surface area contributed by atoms with E-state index in [1.54, 1.807) is 48.3 Å². The first-order chi connectivity index (χ1) is 13.4. The number of carbonyl (C=O) groups is 1. The normalized spacial score (nSPS) is 11.0. The zero-order valence-corrected chi connectivity index (χ0v) is 15.9. The van der Waals surface area contributed by atoms with Crippen LogP contribution in [0.1, 0.15) is 16.1 Å². The van der Waals surface area contributed by atoms with Crippen molar-refractivity contribution < 1.29 is 13.9 Å². The molecule has 0 spiro atoms. The zero-order chi connectivity index (χ0) is 20.3. The molecule has 0 bridgehead atoms. The summed E-state index contributed by atoms with van der Waals surface area (Å²) in [5, 5.41) is 7.72. The molecule has 3 rings (SSSR count). The summed E-state index contributed by atoms with van der Waals surface area (Å²) >= 11 is 0. The number of carbonyl (C=O) groups excluding carboxylic acids is 1. The highest BCUT2D eigenvalue weighted by Gasteiger charge is 2.16. The third-order valence-corrected chi connectivity index (χ3v) is 4.35. The molecule has 0 fully saturated rings. The monoisotopic (exact) mass is 384 g/mol. The summed E-state index contributed by atoms with van der Waals surface area (Å²) in [6, 6.07) is 11.6. The van der Waals surface area contributed by atoms with E-state index in [0.717, 1.165) is 5.56 Å². The lowest BCUT2D eigenvalue weighted by atomic mass is 10.1. The molecule has 0 aliphatic carbocycles. The van der Waals surface area contributed by atoms with Gasteiger partial charge in [-0.2, -0.15) is 5.10 Å². The Labute approximate surface area is 161 Å². The molecule has 146 valence electrons. The van der Waals surface area contributed by atoms with Gasteiger partial charge in [0, 0.05) is 19.0 Å². The molecule has 0 aliphatic heterocycles. The average molecular weight is 384 g/mol. The summed E-state index contributed by atoms with van der Waals surface area (Å²) in [5.74, 6) is -0.643. The van der Waals surface area contributed by atoms with Crippen molar-refractivity contribution in [2.45, 2.75) is 13.2 Å². The Balaban J connectivity index is 1.91. The maximum atomic E-state index is 13.9. The number of fused-ring (bicyclic) bond motifs is 1. The molecule has 2 aromatic carbocycles. The van der Waals surface area contributed by atoms with E-state index in [1.807, 2.05) is 0 Å². The van der Waals surface area contributed by atoms with Crippen LogP contribution in [0.4, 0.5) is 4.39 Å². The summed E-state index contributed by atoms with van der Waals surface area (Å²) in [6.07, 6.45) is 0. The van der Waals surface area contributed by atoms with Crippen LogP contribution in [0.15, 0.2) is 47.3 Å². The molecular weight excluding hydrogens is 363 g/mol. The molecule has 0 radical (unpaired) electrons. The van der Waals surface area contributed by atoms with Crippen LogP contribution in [0.3, 0.4) is 0 Å². The van der Waals surface area contributed by atoms with Crippen LogP contribution in [-0.2, 0) is 13.2 Å². The predicted octanol–water partition coefficient (Wildman–Crippen LogP) is 1.99. The maximum absolute atomic E-state index is 13.9. The molecule has 1 heterocycles. The van der Waals surface area contributed by atoms with Gasteiger partial charge in [-0.25, -0.2) is 9.07 Å². The lowest BCUT2D eigenvalue weighted by Crippen LogP contribution is -2.34. The van der Waals surface area contributed by atoms with E-state index in [4.69, 9.17) is 4.74 Å². The van der Waals surface area contributed by atoms with E-state index in [9.17, 15) is 14.0 Å². The first-order valence-electron chi connectivity index (χ1n) is 8.67. The molecule has 7 nitrogen and oxygen atoms in total. The third-order valence-electron chi connectivity index (χ3n) is 4.35. The summed E-state index contributed by atoms with van der Waals surface area (Å²) in [5.41, 5.74) is 0.610. The summed E-state index contributed by atoms with van der Waals surface area (Å²) in [7, 11) is 4.70. The van der Waals surface area contributed by atoms with E-state index in [-0.39, 0.29) is 29.6 Å². The second-order valence-electron chi connectivity index (χ2n) is 6.40. The van der Waals surface area contributed by atoms with E-state index >= 15 is 0 Å². The molecule has 0 saturated carbocycles. The molecule has 28 heavy (non-hydrogen) atoms. The number of amides is 1. The highest BCUT2D eigenvalue weighted by Crippen LogP contribution is 2.18. The average Bonchev–Trinajstić information content (AvgIpc) is 2.69. The maximum Gasteiger partial charge on any atom is 0.275 e. The Bertz CT molecular complexity index is 1080. The Morgan fingerprint density at radius 1 is 1.25 bits per heavy atom. The number of methoxy groups -OCH3 is 1. The van der Waals surface area contributed by atoms with E-state index in [0.29, 0.717) is 17.3 Å². The minimum Gasteiger partial charge on any atom is -0.494 e. The molecule has 0 saturated heterocycles. The molecule has 1 amide bonds. The number of ether oxygens (including phenoxy) is 1. The van der Waals surface area contributed by atoms with Crippen LogP contribution in [0, 0.1) is 5.82 Å². The molecule has 0 atom stereocenters. The lowest BCUT2D eigenvalue weighted by molar-refractivity contribution is 0.0956. The van der Waals surface area contributed by atoms with E-state index in [2.05, 4.69) is 10.4 Å². The van der Waals surface area contributed by atoms with Gasteiger partial charge in [0.25, 0.3) is 11.5 Å². The van der Waals surface area contributed by atoms with Gasteiger partial charge < -0.3 is 10.1 Å². The Kier molecular flexibility index (Phi) is 5.70. The van der Waals surface area contributed by atoms with Crippen LogP contribution in [-0.4, -0.2) is 41.8 Å². The van der Waals surface area contributed by atoms with Gasteiger partial charge in [0.1, 0.15) is 0 Å². The molecule has 3 aromatic rings. The first kappa shape index (κ1) is 19.5. The Morgan fingerprint density at radius 3 is 2.61 bits per heavy atom. The van der Waals surface area contributed by atoms with Crippen molar-refractivity contribution in [1.29, 1.82) is 0 Å². The van der Waals surface area contributed by atoms with E-state index < -0.39 is 5.82 Å². The topological polar surface area (TPSA) is 76.5 Å². The number of hydrogen-bond donors (Lipinski definition) is 1. The predicted molar refractivity (Wildman–Crippen MR) is 104 cm³/mol. The molecular formula is C20H21FN4O3. The molecule has 0 unspecified atom stereocenters.